The molecule has 3 rings (SSSR count). The van der Waals surface area contributed by atoms with Gasteiger partial charge >= 0.3 is 0 Å². The molecule has 1 aliphatic heterocycles. The summed E-state index contributed by atoms with van der Waals surface area (Å²) in [6.45, 7) is 6.52. The summed E-state index contributed by atoms with van der Waals surface area (Å²) >= 11 is 0. The maximum Gasteiger partial charge on any atom is 0.241 e. The lowest BCUT2D eigenvalue weighted by Crippen LogP contribution is -2.48. The zero-order valence-corrected chi connectivity index (χ0v) is 16.1. The number of carbonyl (C=O) groups is 1. The molecule has 0 radical (unpaired) electrons. The van der Waals surface area contributed by atoms with Crippen molar-refractivity contribution in [1.29, 1.82) is 0 Å². The van der Waals surface area contributed by atoms with E-state index in [1.54, 1.807) is 30.0 Å². The first-order chi connectivity index (χ1) is 12.3. The predicted molar refractivity (Wildman–Crippen MR) is 101 cm³/mol. The van der Waals surface area contributed by atoms with E-state index in [0.29, 0.717) is 13.1 Å². The summed E-state index contributed by atoms with van der Waals surface area (Å²) in [5.74, 6) is -0.202. The molecule has 0 saturated heterocycles. The highest BCUT2D eigenvalue weighted by molar-refractivity contribution is 7.89. The smallest absolute Gasteiger partial charge is 0.241 e. The molecule has 0 bridgehead atoms. The van der Waals surface area contributed by atoms with E-state index in [-0.39, 0.29) is 10.8 Å². The molecular formula is C20H24N2O3S. The fourth-order valence-corrected chi connectivity index (χ4v) is 4.47. The van der Waals surface area contributed by atoms with Gasteiger partial charge in [0.15, 0.2) is 0 Å². The van der Waals surface area contributed by atoms with E-state index < -0.39 is 16.1 Å². The molecule has 0 unspecified atom stereocenters. The van der Waals surface area contributed by atoms with Gasteiger partial charge in [-0.25, -0.2) is 8.42 Å². The van der Waals surface area contributed by atoms with Crippen LogP contribution in [0.4, 0.5) is 0 Å². The molecule has 0 spiro atoms. The Morgan fingerprint density at radius 3 is 2.46 bits per heavy atom. The average Bonchev–Trinajstić information content (AvgIpc) is 2.62. The Balaban J connectivity index is 1.72. The standard InChI is InChI=1S/C20H24N2O3S/c1-14-8-9-19(12-15(14)2)26(24,25)21-16(3)20(23)22-11-10-17-6-4-5-7-18(17)13-22/h4-9,12,16,21H,10-11,13H2,1-3H3/t16-/m1/s1. The van der Waals surface area contributed by atoms with Gasteiger partial charge in [0.1, 0.15) is 0 Å². The van der Waals surface area contributed by atoms with Crippen LogP contribution in [-0.4, -0.2) is 31.8 Å². The normalized spacial score (nSPS) is 15.4. The van der Waals surface area contributed by atoms with Gasteiger partial charge in [0, 0.05) is 13.1 Å². The van der Waals surface area contributed by atoms with Gasteiger partial charge in [-0.3, -0.25) is 4.79 Å². The molecule has 2 aromatic rings. The van der Waals surface area contributed by atoms with Crippen molar-refractivity contribution in [3.63, 3.8) is 0 Å². The zero-order chi connectivity index (χ0) is 18.9. The van der Waals surface area contributed by atoms with Gasteiger partial charge < -0.3 is 4.90 Å². The van der Waals surface area contributed by atoms with Crippen LogP contribution in [0.15, 0.2) is 47.4 Å². The molecule has 1 atom stereocenters. The third kappa shape index (κ3) is 3.81. The topological polar surface area (TPSA) is 66.5 Å². The number of amides is 1. The number of hydrogen-bond donors (Lipinski definition) is 1. The number of benzene rings is 2. The Bertz CT molecular complexity index is 938. The minimum Gasteiger partial charge on any atom is -0.337 e. The second kappa shape index (κ2) is 7.21. The van der Waals surface area contributed by atoms with Crippen molar-refractivity contribution in [3.05, 3.63) is 64.7 Å². The maximum atomic E-state index is 12.7. The first-order valence-corrected chi connectivity index (χ1v) is 10.2. The van der Waals surface area contributed by atoms with Crippen LogP contribution >= 0.6 is 0 Å². The first-order valence-electron chi connectivity index (χ1n) is 8.73. The van der Waals surface area contributed by atoms with Gasteiger partial charge in [0.05, 0.1) is 10.9 Å². The number of fused-ring (bicyclic) bond motifs is 1. The number of hydrogen-bond acceptors (Lipinski definition) is 3. The van der Waals surface area contributed by atoms with E-state index in [2.05, 4.69) is 10.8 Å². The van der Waals surface area contributed by atoms with Crippen LogP contribution in [0.2, 0.25) is 0 Å². The van der Waals surface area contributed by atoms with Gasteiger partial charge in [-0.2, -0.15) is 4.72 Å². The first kappa shape index (κ1) is 18.6. The molecule has 0 fully saturated rings. The van der Waals surface area contributed by atoms with Crippen molar-refractivity contribution in [2.75, 3.05) is 6.54 Å². The SMILES string of the molecule is Cc1ccc(S(=O)(=O)N[C@H](C)C(=O)N2CCc3ccccc3C2)cc1C. The quantitative estimate of drug-likeness (QED) is 0.897. The summed E-state index contributed by atoms with van der Waals surface area (Å²) in [6, 6.07) is 12.2. The Hall–Kier alpha value is -2.18. The summed E-state index contributed by atoms with van der Waals surface area (Å²) in [5, 5.41) is 0. The number of sulfonamides is 1. The lowest BCUT2D eigenvalue weighted by atomic mass is 9.99. The molecule has 138 valence electrons. The average molecular weight is 372 g/mol. The highest BCUT2D eigenvalue weighted by atomic mass is 32.2. The van der Waals surface area contributed by atoms with Gasteiger partial charge in [-0.15, -0.1) is 0 Å². The molecule has 1 amide bonds. The molecule has 1 heterocycles. The molecular weight excluding hydrogens is 348 g/mol. The Labute approximate surface area is 155 Å². The number of carbonyl (C=O) groups excluding carboxylic acids is 1. The fourth-order valence-electron chi connectivity index (χ4n) is 3.19. The third-order valence-electron chi connectivity index (χ3n) is 4.93. The highest BCUT2D eigenvalue weighted by Gasteiger charge is 2.28. The van der Waals surface area contributed by atoms with E-state index in [1.165, 1.54) is 5.56 Å². The van der Waals surface area contributed by atoms with Crippen LogP contribution < -0.4 is 4.72 Å². The van der Waals surface area contributed by atoms with Gasteiger partial charge in [0.25, 0.3) is 0 Å². The third-order valence-corrected chi connectivity index (χ3v) is 6.47. The number of nitrogens with one attached hydrogen (secondary N) is 1. The van der Waals surface area contributed by atoms with Gasteiger partial charge in [0.2, 0.25) is 15.9 Å². The monoisotopic (exact) mass is 372 g/mol. The molecule has 5 nitrogen and oxygen atoms in total. The largest absolute Gasteiger partial charge is 0.337 e. The fraction of sp³-hybridized carbons (Fsp3) is 0.350. The van der Waals surface area contributed by atoms with Crippen LogP contribution in [0.5, 0.6) is 0 Å². The van der Waals surface area contributed by atoms with E-state index in [4.69, 9.17) is 0 Å². The van der Waals surface area contributed by atoms with Crippen molar-refractivity contribution in [3.8, 4) is 0 Å². The molecule has 0 saturated carbocycles. The molecule has 6 heteroatoms. The molecule has 0 aliphatic carbocycles. The zero-order valence-electron chi connectivity index (χ0n) is 15.3. The number of rotatable bonds is 4. The van der Waals surface area contributed by atoms with Gasteiger partial charge in [-0.05, 0) is 61.6 Å². The lowest BCUT2D eigenvalue weighted by molar-refractivity contribution is -0.133. The van der Waals surface area contributed by atoms with Crippen molar-refractivity contribution < 1.29 is 13.2 Å². The van der Waals surface area contributed by atoms with E-state index in [9.17, 15) is 13.2 Å². The van der Waals surface area contributed by atoms with Crippen LogP contribution in [0.3, 0.4) is 0 Å². The number of aryl methyl sites for hydroxylation is 2. The van der Waals surface area contributed by atoms with Gasteiger partial charge in [-0.1, -0.05) is 30.3 Å². The van der Waals surface area contributed by atoms with Crippen LogP contribution in [-0.2, 0) is 27.8 Å². The van der Waals surface area contributed by atoms with Crippen LogP contribution in [0, 0.1) is 13.8 Å². The molecule has 26 heavy (non-hydrogen) atoms. The molecule has 1 N–H and O–H groups in total. The van der Waals surface area contributed by atoms with E-state index in [1.807, 2.05) is 32.0 Å². The van der Waals surface area contributed by atoms with E-state index >= 15 is 0 Å². The van der Waals surface area contributed by atoms with Crippen molar-refractivity contribution >= 4 is 15.9 Å². The second-order valence-corrected chi connectivity index (χ2v) is 8.58. The highest BCUT2D eigenvalue weighted by Crippen LogP contribution is 2.20. The minimum absolute atomic E-state index is 0.184. The lowest BCUT2D eigenvalue weighted by Gasteiger charge is -2.31. The van der Waals surface area contributed by atoms with Crippen molar-refractivity contribution in [2.45, 2.75) is 44.7 Å². The Kier molecular flexibility index (Phi) is 5.16. The summed E-state index contributed by atoms with van der Waals surface area (Å²) in [7, 11) is -3.74. The summed E-state index contributed by atoms with van der Waals surface area (Å²) in [4.78, 5) is 14.6. The Morgan fingerprint density at radius 1 is 1.08 bits per heavy atom. The minimum atomic E-state index is -3.74. The maximum absolute atomic E-state index is 12.7. The Morgan fingerprint density at radius 2 is 1.77 bits per heavy atom. The summed E-state index contributed by atoms with van der Waals surface area (Å²) in [6.07, 6.45) is 0.790. The molecule has 1 aliphatic rings. The predicted octanol–water partition coefficient (Wildman–Crippen LogP) is 2.56. The summed E-state index contributed by atoms with van der Waals surface area (Å²) < 4.78 is 27.7. The van der Waals surface area contributed by atoms with Crippen LogP contribution in [0.25, 0.3) is 0 Å². The summed E-state index contributed by atoms with van der Waals surface area (Å²) in [5.41, 5.74) is 4.30. The van der Waals surface area contributed by atoms with Crippen molar-refractivity contribution in [1.82, 2.24) is 9.62 Å². The number of nitrogens with zero attached hydrogens (tertiary/aromatic N) is 1. The molecule has 0 aromatic heterocycles. The second-order valence-electron chi connectivity index (χ2n) is 6.87. The van der Waals surface area contributed by atoms with E-state index in [0.717, 1.165) is 23.1 Å². The molecule has 2 aromatic carbocycles. The van der Waals surface area contributed by atoms with Crippen molar-refractivity contribution in [2.24, 2.45) is 0 Å². The van der Waals surface area contributed by atoms with Crippen LogP contribution in [0.1, 0.15) is 29.2 Å².